The lowest BCUT2D eigenvalue weighted by Gasteiger charge is -2.35. The third-order valence-corrected chi connectivity index (χ3v) is 4.77. The highest BCUT2D eigenvalue weighted by Crippen LogP contribution is 2.30. The molecular weight excluding hydrogens is 198 g/mol. The van der Waals surface area contributed by atoms with E-state index in [0.29, 0.717) is 6.04 Å². The maximum Gasteiger partial charge on any atom is 0.0509 e. The van der Waals surface area contributed by atoms with Crippen molar-refractivity contribution in [3.05, 3.63) is 0 Å². The molecule has 2 heteroatoms. The molecule has 1 N–H and O–H groups in total. The van der Waals surface area contributed by atoms with E-state index in [0.717, 1.165) is 37.0 Å². The predicted octanol–water partition coefficient (Wildman–Crippen LogP) is 2.83. The van der Waals surface area contributed by atoms with E-state index in [1.807, 2.05) is 0 Å². The highest BCUT2D eigenvalue weighted by atomic mass is 16.5. The van der Waals surface area contributed by atoms with Crippen molar-refractivity contribution in [2.75, 3.05) is 13.2 Å². The van der Waals surface area contributed by atoms with Crippen molar-refractivity contribution >= 4 is 0 Å². The predicted molar refractivity (Wildman–Crippen MR) is 67.5 cm³/mol. The zero-order valence-corrected chi connectivity index (χ0v) is 11.0. The van der Waals surface area contributed by atoms with Crippen LogP contribution in [0, 0.1) is 17.8 Å². The Morgan fingerprint density at radius 3 is 2.56 bits per heavy atom. The van der Waals surface area contributed by atoms with Crippen LogP contribution >= 0.6 is 0 Å². The van der Waals surface area contributed by atoms with Crippen LogP contribution in [0.5, 0.6) is 0 Å². The average Bonchev–Trinajstić information content (AvgIpc) is 2.77. The zero-order valence-electron chi connectivity index (χ0n) is 11.0. The molecule has 2 rings (SSSR count). The summed E-state index contributed by atoms with van der Waals surface area (Å²) in [7, 11) is 0. The van der Waals surface area contributed by atoms with Gasteiger partial charge < -0.3 is 10.1 Å². The van der Waals surface area contributed by atoms with Crippen LogP contribution in [0.4, 0.5) is 0 Å². The maximum absolute atomic E-state index is 5.47. The van der Waals surface area contributed by atoms with Gasteiger partial charge in [0, 0.05) is 18.7 Å². The molecule has 5 unspecified atom stereocenters. The molecule has 1 aliphatic carbocycles. The molecule has 2 nitrogen and oxygen atoms in total. The van der Waals surface area contributed by atoms with Gasteiger partial charge >= 0.3 is 0 Å². The summed E-state index contributed by atoms with van der Waals surface area (Å²) in [5.74, 6) is 2.55. The Balaban J connectivity index is 1.76. The van der Waals surface area contributed by atoms with E-state index in [1.54, 1.807) is 0 Å². The summed E-state index contributed by atoms with van der Waals surface area (Å²) in [6.45, 7) is 9.07. The molecule has 0 bridgehead atoms. The van der Waals surface area contributed by atoms with Gasteiger partial charge in [-0.2, -0.15) is 0 Å². The molecule has 0 aromatic heterocycles. The SMILES string of the molecule is CC1CCC(NC(C)C2CCOC2)CC1C. The van der Waals surface area contributed by atoms with Gasteiger partial charge in [-0.3, -0.25) is 0 Å². The van der Waals surface area contributed by atoms with Crippen molar-refractivity contribution in [1.29, 1.82) is 0 Å². The van der Waals surface area contributed by atoms with Crippen LogP contribution in [0.3, 0.4) is 0 Å². The summed E-state index contributed by atoms with van der Waals surface area (Å²) in [5.41, 5.74) is 0. The van der Waals surface area contributed by atoms with Crippen molar-refractivity contribution in [2.45, 2.75) is 58.5 Å². The van der Waals surface area contributed by atoms with E-state index in [-0.39, 0.29) is 0 Å². The smallest absolute Gasteiger partial charge is 0.0509 e. The van der Waals surface area contributed by atoms with Gasteiger partial charge in [-0.05, 0) is 50.4 Å². The molecule has 1 saturated heterocycles. The van der Waals surface area contributed by atoms with E-state index >= 15 is 0 Å². The minimum absolute atomic E-state index is 0.633. The number of nitrogens with one attached hydrogen (secondary N) is 1. The summed E-state index contributed by atoms with van der Waals surface area (Å²) >= 11 is 0. The molecule has 0 aromatic rings. The Hall–Kier alpha value is -0.0800. The van der Waals surface area contributed by atoms with E-state index < -0.39 is 0 Å². The molecule has 0 spiro atoms. The zero-order chi connectivity index (χ0) is 11.5. The first-order valence-corrected chi connectivity index (χ1v) is 7.00. The molecule has 94 valence electrons. The molecule has 0 aromatic carbocycles. The van der Waals surface area contributed by atoms with Crippen LogP contribution in [0.2, 0.25) is 0 Å². The van der Waals surface area contributed by atoms with Crippen molar-refractivity contribution in [2.24, 2.45) is 17.8 Å². The highest BCUT2D eigenvalue weighted by Gasteiger charge is 2.28. The average molecular weight is 225 g/mol. The highest BCUT2D eigenvalue weighted by molar-refractivity contribution is 4.84. The molecule has 0 radical (unpaired) electrons. The van der Waals surface area contributed by atoms with Crippen LogP contribution in [0.15, 0.2) is 0 Å². The summed E-state index contributed by atoms with van der Waals surface area (Å²) in [5, 5.41) is 3.83. The van der Waals surface area contributed by atoms with Gasteiger partial charge in [0.15, 0.2) is 0 Å². The Morgan fingerprint density at radius 1 is 1.12 bits per heavy atom. The standard InChI is InChI=1S/C14H27NO/c1-10-4-5-14(8-11(10)2)15-12(3)13-6-7-16-9-13/h10-15H,4-9H2,1-3H3. The first-order chi connectivity index (χ1) is 7.66. The fraction of sp³-hybridized carbons (Fsp3) is 1.00. The summed E-state index contributed by atoms with van der Waals surface area (Å²) < 4.78 is 5.47. The van der Waals surface area contributed by atoms with E-state index in [4.69, 9.17) is 4.74 Å². The van der Waals surface area contributed by atoms with Gasteiger partial charge in [-0.1, -0.05) is 13.8 Å². The van der Waals surface area contributed by atoms with Crippen LogP contribution in [-0.2, 0) is 4.74 Å². The van der Waals surface area contributed by atoms with Crippen LogP contribution < -0.4 is 5.32 Å². The number of ether oxygens (including phenoxy) is 1. The lowest BCUT2D eigenvalue weighted by Crippen LogP contribution is -2.44. The molecule has 1 saturated carbocycles. The van der Waals surface area contributed by atoms with E-state index in [9.17, 15) is 0 Å². The van der Waals surface area contributed by atoms with Crippen LogP contribution in [0.25, 0.3) is 0 Å². The van der Waals surface area contributed by atoms with Crippen molar-refractivity contribution in [1.82, 2.24) is 5.32 Å². The Kier molecular flexibility index (Phi) is 4.26. The first-order valence-electron chi connectivity index (χ1n) is 7.00. The fourth-order valence-electron chi connectivity index (χ4n) is 3.15. The van der Waals surface area contributed by atoms with Gasteiger partial charge in [-0.15, -0.1) is 0 Å². The van der Waals surface area contributed by atoms with Crippen molar-refractivity contribution in [3.8, 4) is 0 Å². The van der Waals surface area contributed by atoms with Crippen LogP contribution in [0.1, 0.15) is 46.5 Å². The normalized spacial score (nSPS) is 42.2. The van der Waals surface area contributed by atoms with Gasteiger partial charge in [0.1, 0.15) is 0 Å². The maximum atomic E-state index is 5.47. The minimum Gasteiger partial charge on any atom is -0.381 e. The van der Waals surface area contributed by atoms with E-state index in [2.05, 4.69) is 26.1 Å². The van der Waals surface area contributed by atoms with Crippen LogP contribution in [-0.4, -0.2) is 25.3 Å². The molecule has 1 heterocycles. The van der Waals surface area contributed by atoms with Gasteiger partial charge in [0.05, 0.1) is 6.61 Å². The molecule has 2 fully saturated rings. The molecule has 0 amide bonds. The second-order valence-corrected chi connectivity index (χ2v) is 6.04. The van der Waals surface area contributed by atoms with Gasteiger partial charge in [0.2, 0.25) is 0 Å². The third kappa shape index (κ3) is 2.98. The second-order valence-electron chi connectivity index (χ2n) is 6.04. The third-order valence-electron chi connectivity index (χ3n) is 4.77. The lowest BCUT2D eigenvalue weighted by molar-refractivity contribution is 0.167. The van der Waals surface area contributed by atoms with Crippen molar-refractivity contribution < 1.29 is 4.74 Å². The molecule has 5 atom stereocenters. The topological polar surface area (TPSA) is 21.3 Å². The van der Waals surface area contributed by atoms with E-state index in [1.165, 1.54) is 25.7 Å². The Labute approximate surface area is 100 Å². The minimum atomic E-state index is 0.633. The van der Waals surface area contributed by atoms with Crippen molar-refractivity contribution in [3.63, 3.8) is 0 Å². The molecule has 2 aliphatic rings. The fourth-order valence-corrected chi connectivity index (χ4v) is 3.15. The Bertz CT molecular complexity index is 213. The second kappa shape index (κ2) is 5.50. The molecule has 1 aliphatic heterocycles. The number of hydrogen-bond donors (Lipinski definition) is 1. The quantitative estimate of drug-likeness (QED) is 0.797. The number of hydrogen-bond acceptors (Lipinski definition) is 2. The van der Waals surface area contributed by atoms with Gasteiger partial charge in [-0.25, -0.2) is 0 Å². The molecular formula is C14H27NO. The first kappa shape index (κ1) is 12.4. The monoisotopic (exact) mass is 225 g/mol. The molecule has 16 heavy (non-hydrogen) atoms. The summed E-state index contributed by atoms with van der Waals surface area (Å²) in [6.07, 6.45) is 5.36. The lowest BCUT2D eigenvalue weighted by atomic mass is 9.78. The summed E-state index contributed by atoms with van der Waals surface area (Å²) in [6, 6.07) is 1.38. The number of rotatable bonds is 3. The van der Waals surface area contributed by atoms with Gasteiger partial charge in [0.25, 0.3) is 0 Å². The summed E-state index contributed by atoms with van der Waals surface area (Å²) in [4.78, 5) is 0. The Morgan fingerprint density at radius 2 is 1.94 bits per heavy atom. The largest absolute Gasteiger partial charge is 0.381 e.